The summed E-state index contributed by atoms with van der Waals surface area (Å²) in [5, 5.41) is 3.87. The fourth-order valence-electron chi connectivity index (χ4n) is 2.31. The van der Waals surface area contributed by atoms with E-state index in [1.165, 1.54) is 0 Å². The third-order valence-corrected chi connectivity index (χ3v) is 4.30. The molecule has 1 aromatic carbocycles. The predicted octanol–water partition coefficient (Wildman–Crippen LogP) is 4.79. The van der Waals surface area contributed by atoms with Crippen LogP contribution < -0.4 is 5.32 Å². The van der Waals surface area contributed by atoms with Gasteiger partial charge in [-0.3, -0.25) is 0 Å². The Bertz CT molecular complexity index is 749. The van der Waals surface area contributed by atoms with Crippen LogP contribution in [0.5, 0.6) is 0 Å². The molecule has 0 atom stereocenters. The maximum absolute atomic E-state index is 12.5. The molecular weight excluding hydrogens is 360 g/mol. The van der Waals surface area contributed by atoms with Crippen LogP contribution >= 0.6 is 23.3 Å². The van der Waals surface area contributed by atoms with E-state index in [0.717, 1.165) is 28.4 Å². The number of fused-ring (bicyclic) bond motifs is 1. The molecule has 2 aromatic rings. The van der Waals surface area contributed by atoms with Gasteiger partial charge < -0.3 is 15.0 Å². The second-order valence-corrected chi connectivity index (χ2v) is 8.72. The molecule has 0 unspecified atom stereocenters. The van der Waals surface area contributed by atoms with Gasteiger partial charge in [0.1, 0.15) is 16.6 Å². The lowest BCUT2D eigenvalue weighted by molar-refractivity contribution is 0.00749. The van der Waals surface area contributed by atoms with Crippen molar-refractivity contribution in [1.82, 2.24) is 13.6 Å². The number of carbonyl (C=O) groups excluding carboxylic acids is 1. The van der Waals surface area contributed by atoms with Crippen LogP contribution in [0.15, 0.2) is 12.1 Å². The van der Waals surface area contributed by atoms with Crippen LogP contribution in [-0.2, 0) is 4.74 Å². The molecule has 0 aliphatic rings. The predicted molar refractivity (Wildman–Crippen MR) is 104 cm³/mol. The van der Waals surface area contributed by atoms with Crippen molar-refractivity contribution in [2.75, 3.05) is 18.4 Å². The smallest absolute Gasteiger partial charge is 0.410 e. The van der Waals surface area contributed by atoms with Crippen LogP contribution in [0, 0.1) is 0 Å². The van der Waals surface area contributed by atoms with Crippen LogP contribution in [0.25, 0.3) is 11.0 Å². The van der Waals surface area contributed by atoms with E-state index in [4.69, 9.17) is 16.3 Å². The minimum Gasteiger partial charge on any atom is -0.444 e. The number of anilines is 1. The normalized spacial score (nSPS) is 12.3. The van der Waals surface area contributed by atoms with E-state index in [0.29, 0.717) is 18.1 Å². The molecule has 8 heteroatoms. The van der Waals surface area contributed by atoms with E-state index in [1.54, 1.807) is 11.0 Å². The van der Waals surface area contributed by atoms with Gasteiger partial charge in [0.2, 0.25) is 0 Å². The van der Waals surface area contributed by atoms with Gasteiger partial charge in [0.05, 0.1) is 22.4 Å². The topological polar surface area (TPSA) is 67.3 Å². The van der Waals surface area contributed by atoms with Crippen LogP contribution in [0.3, 0.4) is 0 Å². The van der Waals surface area contributed by atoms with Crippen LogP contribution in [0.1, 0.15) is 41.5 Å². The first kappa shape index (κ1) is 19.7. The molecule has 2 rings (SSSR count). The van der Waals surface area contributed by atoms with Crippen molar-refractivity contribution < 1.29 is 9.53 Å². The Morgan fingerprint density at radius 1 is 1.24 bits per heavy atom. The Kier molecular flexibility index (Phi) is 5.79. The van der Waals surface area contributed by atoms with E-state index in [1.807, 2.05) is 47.6 Å². The van der Waals surface area contributed by atoms with Crippen molar-refractivity contribution in [3.05, 3.63) is 17.2 Å². The number of benzene rings is 1. The summed E-state index contributed by atoms with van der Waals surface area (Å²) in [5.74, 6) is 0. The van der Waals surface area contributed by atoms with E-state index in [2.05, 4.69) is 14.1 Å². The molecule has 25 heavy (non-hydrogen) atoms. The number of ether oxygens (including phenoxy) is 1. The first-order valence-corrected chi connectivity index (χ1v) is 9.25. The Balaban J connectivity index is 2.09. The van der Waals surface area contributed by atoms with Crippen LogP contribution in [0.2, 0.25) is 5.02 Å². The summed E-state index contributed by atoms with van der Waals surface area (Å²) in [6.07, 6.45) is -0.332. The molecule has 0 fully saturated rings. The molecule has 0 saturated heterocycles. The van der Waals surface area contributed by atoms with Gasteiger partial charge in [-0.25, -0.2) is 4.79 Å². The van der Waals surface area contributed by atoms with E-state index < -0.39 is 5.60 Å². The molecule has 1 amide bonds. The molecule has 1 aromatic heterocycles. The number of halogens is 1. The van der Waals surface area contributed by atoms with Crippen molar-refractivity contribution >= 4 is 46.1 Å². The lowest BCUT2D eigenvalue weighted by Gasteiger charge is -2.37. The van der Waals surface area contributed by atoms with Crippen molar-refractivity contribution in [1.29, 1.82) is 0 Å². The highest BCUT2D eigenvalue weighted by molar-refractivity contribution is 7.00. The van der Waals surface area contributed by atoms with Gasteiger partial charge in [-0.1, -0.05) is 11.6 Å². The van der Waals surface area contributed by atoms with Crippen LogP contribution in [0.4, 0.5) is 10.5 Å². The minimum atomic E-state index is -0.533. The number of nitrogens with zero attached hydrogens (tertiary/aromatic N) is 3. The summed E-state index contributed by atoms with van der Waals surface area (Å²) in [6, 6.07) is 3.64. The standard InChI is InChI=1S/C17H25ClN4O2S/c1-16(2,3)22(15(23)24-17(4,5)6)10-9-19-13-11(18)7-8-12-14(13)21-25-20-12/h7-8,19H,9-10H2,1-6H3. The zero-order valence-electron chi connectivity index (χ0n) is 15.5. The Labute approximate surface area is 157 Å². The summed E-state index contributed by atoms with van der Waals surface area (Å²) >= 11 is 7.43. The van der Waals surface area contributed by atoms with Gasteiger partial charge in [-0.15, -0.1) is 0 Å². The van der Waals surface area contributed by atoms with Crippen molar-refractivity contribution in [2.45, 2.75) is 52.7 Å². The molecule has 6 nitrogen and oxygen atoms in total. The lowest BCUT2D eigenvalue weighted by Crippen LogP contribution is -2.49. The van der Waals surface area contributed by atoms with Crippen molar-refractivity contribution in [3.8, 4) is 0 Å². The average molecular weight is 385 g/mol. The highest BCUT2D eigenvalue weighted by atomic mass is 35.5. The Hall–Kier alpha value is -1.60. The van der Waals surface area contributed by atoms with Crippen molar-refractivity contribution in [2.24, 2.45) is 0 Å². The monoisotopic (exact) mass is 384 g/mol. The van der Waals surface area contributed by atoms with Gasteiger partial charge in [0, 0.05) is 18.6 Å². The Morgan fingerprint density at radius 2 is 1.92 bits per heavy atom. The SMILES string of the molecule is CC(C)(C)OC(=O)N(CCNc1c(Cl)ccc2nsnc12)C(C)(C)C. The quantitative estimate of drug-likeness (QED) is 0.820. The first-order chi connectivity index (χ1) is 11.5. The van der Waals surface area contributed by atoms with Gasteiger partial charge in [-0.05, 0) is 53.7 Å². The summed E-state index contributed by atoms with van der Waals surface area (Å²) in [4.78, 5) is 14.2. The average Bonchev–Trinajstić information content (AvgIpc) is 2.90. The molecule has 1 N–H and O–H groups in total. The molecule has 0 spiro atoms. The van der Waals surface area contributed by atoms with Gasteiger partial charge in [0.25, 0.3) is 0 Å². The number of nitrogens with one attached hydrogen (secondary N) is 1. The Morgan fingerprint density at radius 3 is 2.52 bits per heavy atom. The zero-order chi connectivity index (χ0) is 18.8. The fraction of sp³-hybridized carbons (Fsp3) is 0.588. The highest BCUT2D eigenvalue weighted by Crippen LogP contribution is 2.29. The molecule has 0 saturated carbocycles. The van der Waals surface area contributed by atoms with E-state index in [-0.39, 0.29) is 11.6 Å². The minimum absolute atomic E-state index is 0.332. The molecule has 0 radical (unpaired) electrons. The molecular formula is C17H25ClN4O2S. The van der Waals surface area contributed by atoms with E-state index >= 15 is 0 Å². The fourth-order valence-corrected chi connectivity index (χ4v) is 3.07. The maximum Gasteiger partial charge on any atom is 0.410 e. The lowest BCUT2D eigenvalue weighted by atomic mass is 10.1. The number of amides is 1. The third-order valence-electron chi connectivity index (χ3n) is 3.44. The second-order valence-electron chi connectivity index (χ2n) is 7.78. The number of carbonyl (C=O) groups is 1. The van der Waals surface area contributed by atoms with Crippen LogP contribution in [-0.4, -0.2) is 44.0 Å². The van der Waals surface area contributed by atoms with E-state index in [9.17, 15) is 4.79 Å². The van der Waals surface area contributed by atoms with Crippen molar-refractivity contribution in [3.63, 3.8) is 0 Å². The highest BCUT2D eigenvalue weighted by Gasteiger charge is 2.30. The largest absolute Gasteiger partial charge is 0.444 e. The zero-order valence-corrected chi connectivity index (χ0v) is 17.1. The molecule has 0 aliphatic heterocycles. The third kappa shape index (κ3) is 5.19. The van der Waals surface area contributed by atoms with Gasteiger partial charge in [-0.2, -0.15) is 8.75 Å². The summed E-state index contributed by atoms with van der Waals surface area (Å²) in [7, 11) is 0. The molecule has 138 valence electrons. The van der Waals surface area contributed by atoms with Gasteiger partial charge >= 0.3 is 6.09 Å². The molecule has 0 bridgehead atoms. The molecule has 1 heterocycles. The maximum atomic E-state index is 12.5. The van der Waals surface area contributed by atoms with Gasteiger partial charge in [0.15, 0.2) is 0 Å². The molecule has 0 aliphatic carbocycles. The summed E-state index contributed by atoms with van der Waals surface area (Å²) in [5.41, 5.74) is 1.40. The first-order valence-electron chi connectivity index (χ1n) is 8.14. The summed E-state index contributed by atoms with van der Waals surface area (Å²) in [6.45, 7) is 12.5. The second kappa shape index (κ2) is 7.33. The summed E-state index contributed by atoms with van der Waals surface area (Å²) < 4.78 is 14.0. The number of hydrogen-bond donors (Lipinski definition) is 1. The number of aromatic nitrogens is 2. The number of hydrogen-bond acceptors (Lipinski definition) is 6. The number of rotatable bonds is 4.